The molecule has 3 heteroatoms. The van der Waals surface area contributed by atoms with Crippen LogP contribution in [0.3, 0.4) is 0 Å². The maximum Gasteiger partial charge on any atom is 0.120 e. The second-order valence-corrected chi connectivity index (χ2v) is 4.34. The summed E-state index contributed by atoms with van der Waals surface area (Å²) in [6, 6.07) is 5.68. The van der Waals surface area contributed by atoms with Crippen LogP contribution in [0.5, 0.6) is 5.75 Å². The smallest absolute Gasteiger partial charge is 0.120 e. The van der Waals surface area contributed by atoms with Gasteiger partial charge in [-0.3, -0.25) is 0 Å². The first-order valence-corrected chi connectivity index (χ1v) is 4.93. The fraction of sp³-hybridized carbons (Fsp3) is 0.455. The highest BCUT2D eigenvalue weighted by atomic mass is 35.5. The van der Waals surface area contributed by atoms with Gasteiger partial charge in [-0.15, -0.1) is 0 Å². The van der Waals surface area contributed by atoms with Crippen molar-refractivity contribution in [2.24, 2.45) is 5.73 Å². The second-order valence-electron chi connectivity index (χ2n) is 3.93. The molecule has 1 aromatic rings. The van der Waals surface area contributed by atoms with Crippen LogP contribution in [0.4, 0.5) is 0 Å². The zero-order valence-corrected chi connectivity index (χ0v) is 9.56. The summed E-state index contributed by atoms with van der Waals surface area (Å²) >= 11 is 6.14. The molecule has 0 aliphatic carbocycles. The molecule has 0 aliphatic rings. The van der Waals surface area contributed by atoms with Gasteiger partial charge in [-0.05, 0) is 17.7 Å². The largest absolute Gasteiger partial charge is 0.497 e. The van der Waals surface area contributed by atoms with Gasteiger partial charge in [-0.2, -0.15) is 0 Å². The van der Waals surface area contributed by atoms with E-state index in [0.717, 1.165) is 11.3 Å². The third-order valence-corrected chi connectivity index (χ3v) is 2.73. The van der Waals surface area contributed by atoms with Gasteiger partial charge in [-0.25, -0.2) is 0 Å². The van der Waals surface area contributed by atoms with Gasteiger partial charge in [0.05, 0.1) is 7.11 Å². The van der Waals surface area contributed by atoms with E-state index in [1.54, 1.807) is 7.11 Å². The number of benzene rings is 1. The average molecular weight is 214 g/mol. The first-order valence-electron chi connectivity index (χ1n) is 4.55. The van der Waals surface area contributed by atoms with Crippen molar-refractivity contribution in [1.82, 2.24) is 0 Å². The second kappa shape index (κ2) is 4.20. The Labute approximate surface area is 90.0 Å². The fourth-order valence-electron chi connectivity index (χ4n) is 1.28. The maximum absolute atomic E-state index is 6.14. The lowest BCUT2D eigenvalue weighted by Gasteiger charge is -2.24. The minimum atomic E-state index is -0.0939. The van der Waals surface area contributed by atoms with Crippen LogP contribution in [-0.4, -0.2) is 13.7 Å². The van der Waals surface area contributed by atoms with Crippen molar-refractivity contribution in [3.05, 3.63) is 28.8 Å². The quantitative estimate of drug-likeness (QED) is 0.838. The standard InChI is InChI=1S/C11H16ClNO/c1-11(2,7-13)9-5-4-8(14-3)6-10(9)12/h4-6H,7,13H2,1-3H3. The lowest BCUT2D eigenvalue weighted by atomic mass is 9.85. The van der Waals surface area contributed by atoms with E-state index in [1.165, 1.54) is 0 Å². The van der Waals surface area contributed by atoms with Crippen molar-refractivity contribution >= 4 is 11.6 Å². The molecule has 1 aromatic carbocycles. The number of nitrogens with two attached hydrogens (primary N) is 1. The molecule has 0 saturated heterocycles. The molecule has 0 unspecified atom stereocenters. The molecule has 0 amide bonds. The van der Waals surface area contributed by atoms with Gasteiger partial charge in [0.1, 0.15) is 5.75 Å². The SMILES string of the molecule is COc1ccc(C(C)(C)CN)c(Cl)c1. The Kier molecular flexibility index (Phi) is 3.40. The summed E-state index contributed by atoms with van der Waals surface area (Å²) < 4.78 is 5.08. The highest BCUT2D eigenvalue weighted by Gasteiger charge is 2.21. The molecule has 0 atom stereocenters. The number of methoxy groups -OCH3 is 1. The van der Waals surface area contributed by atoms with E-state index in [1.807, 2.05) is 18.2 Å². The summed E-state index contributed by atoms with van der Waals surface area (Å²) in [7, 11) is 1.62. The van der Waals surface area contributed by atoms with Gasteiger partial charge in [0, 0.05) is 17.0 Å². The van der Waals surface area contributed by atoms with Crippen LogP contribution in [0.2, 0.25) is 5.02 Å². The fourth-order valence-corrected chi connectivity index (χ4v) is 1.71. The Morgan fingerprint density at radius 3 is 2.50 bits per heavy atom. The van der Waals surface area contributed by atoms with E-state index in [-0.39, 0.29) is 5.41 Å². The molecule has 0 spiro atoms. The van der Waals surface area contributed by atoms with Gasteiger partial charge in [0.25, 0.3) is 0 Å². The van der Waals surface area contributed by atoms with E-state index >= 15 is 0 Å². The molecule has 1 rings (SSSR count). The minimum Gasteiger partial charge on any atom is -0.497 e. The Balaban J connectivity index is 3.12. The molecule has 0 heterocycles. The van der Waals surface area contributed by atoms with Crippen LogP contribution < -0.4 is 10.5 Å². The molecular formula is C11H16ClNO. The highest BCUT2D eigenvalue weighted by molar-refractivity contribution is 6.31. The van der Waals surface area contributed by atoms with E-state index in [4.69, 9.17) is 22.1 Å². The van der Waals surface area contributed by atoms with E-state index in [0.29, 0.717) is 11.6 Å². The molecule has 0 saturated carbocycles. The average Bonchev–Trinajstić information content (AvgIpc) is 2.17. The van der Waals surface area contributed by atoms with Crippen molar-refractivity contribution in [1.29, 1.82) is 0 Å². The summed E-state index contributed by atoms with van der Waals surface area (Å²) in [5, 5.41) is 0.708. The van der Waals surface area contributed by atoms with Crippen molar-refractivity contribution < 1.29 is 4.74 Å². The van der Waals surface area contributed by atoms with E-state index in [2.05, 4.69) is 13.8 Å². The molecule has 0 fully saturated rings. The summed E-state index contributed by atoms with van der Waals surface area (Å²) in [4.78, 5) is 0. The first-order chi connectivity index (χ1) is 6.51. The lowest BCUT2D eigenvalue weighted by molar-refractivity contribution is 0.414. The maximum atomic E-state index is 6.14. The van der Waals surface area contributed by atoms with Crippen molar-refractivity contribution in [2.75, 3.05) is 13.7 Å². The van der Waals surface area contributed by atoms with E-state index < -0.39 is 0 Å². The van der Waals surface area contributed by atoms with Gasteiger partial charge in [0.2, 0.25) is 0 Å². The normalized spacial score (nSPS) is 11.5. The summed E-state index contributed by atoms with van der Waals surface area (Å²) in [5.41, 5.74) is 6.65. The Hall–Kier alpha value is -0.730. The summed E-state index contributed by atoms with van der Waals surface area (Å²) in [6.45, 7) is 4.71. The Morgan fingerprint density at radius 1 is 1.43 bits per heavy atom. The van der Waals surface area contributed by atoms with Crippen molar-refractivity contribution in [2.45, 2.75) is 19.3 Å². The molecule has 14 heavy (non-hydrogen) atoms. The highest BCUT2D eigenvalue weighted by Crippen LogP contribution is 2.31. The van der Waals surface area contributed by atoms with Gasteiger partial charge in [-0.1, -0.05) is 31.5 Å². The van der Waals surface area contributed by atoms with Crippen LogP contribution in [0.25, 0.3) is 0 Å². The third kappa shape index (κ3) is 2.20. The van der Waals surface area contributed by atoms with Crippen LogP contribution in [0, 0.1) is 0 Å². The topological polar surface area (TPSA) is 35.2 Å². The monoisotopic (exact) mass is 213 g/mol. The molecule has 2 N–H and O–H groups in total. The number of rotatable bonds is 3. The van der Waals surface area contributed by atoms with Crippen molar-refractivity contribution in [3.63, 3.8) is 0 Å². The molecule has 0 aromatic heterocycles. The van der Waals surface area contributed by atoms with Gasteiger partial charge in [0.15, 0.2) is 0 Å². The van der Waals surface area contributed by atoms with E-state index in [9.17, 15) is 0 Å². The molecule has 0 bridgehead atoms. The summed E-state index contributed by atoms with van der Waals surface area (Å²) in [5.74, 6) is 0.770. The number of ether oxygens (including phenoxy) is 1. The lowest BCUT2D eigenvalue weighted by Crippen LogP contribution is -2.28. The van der Waals surface area contributed by atoms with Gasteiger partial charge >= 0.3 is 0 Å². The zero-order valence-electron chi connectivity index (χ0n) is 8.80. The summed E-state index contributed by atoms with van der Waals surface area (Å²) in [6.07, 6.45) is 0. The van der Waals surface area contributed by atoms with Crippen LogP contribution in [0.15, 0.2) is 18.2 Å². The number of hydrogen-bond acceptors (Lipinski definition) is 2. The predicted molar refractivity (Wildman–Crippen MR) is 60.1 cm³/mol. The van der Waals surface area contributed by atoms with Crippen LogP contribution in [0.1, 0.15) is 19.4 Å². The molecular weight excluding hydrogens is 198 g/mol. The number of hydrogen-bond donors (Lipinski definition) is 1. The third-order valence-electron chi connectivity index (χ3n) is 2.42. The minimum absolute atomic E-state index is 0.0939. The molecule has 0 radical (unpaired) electrons. The Bertz CT molecular complexity index is 323. The van der Waals surface area contributed by atoms with Crippen molar-refractivity contribution in [3.8, 4) is 5.75 Å². The predicted octanol–water partition coefficient (Wildman–Crippen LogP) is 2.58. The number of halogens is 1. The van der Waals surface area contributed by atoms with Crippen LogP contribution >= 0.6 is 11.6 Å². The molecule has 78 valence electrons. The van der Waals surface area contributed by atoms with Crippen LogP contribution in [-0.2, 0) is 5.41 Å². The molecule has 0 aliphatic heterocycles. The zero-order chi connectivity index (χ0) is 10.8. The Morgan fingerprint density at radius 2 is 2.07 bits per heavy atom. The molecule has 2 nitrogen and oxygen atoms in total. The first kappa shape index (κ1) is 11.3. The van der Waals surface area contributed by atoms with Gasteiger partial charge < -0.3 is 10.5 Å².